The molecule has 1 aromatic rings. The van der Waals surface area contributed by atoms with Gasteiger partial charge in [-0.25, -0.2) is 4.79 Å². The molecule has 4 nitrogen and oxygen atoms in total. The van der Waals surface area contributed by atoms with Crippen molar-refractivity contribution in [3.8, 4) is 5.75 Å². The SMILES string of the molecule is CCC(C)COC(=O)Nc1ccc(OC)cc1. The number of hydrogen-bond donors (Lipinski definition) is 1. The summed E-state index contributed by atoms with van der Waals surface area (Å²) >= 11 is 0. The average molecular weight is 237 g/mol. The van der Waals surface area contributed by atoms with Crippen LogP contribution in [0.15, 0.2) is 24.3 Å². The Morgan fingerprint density at radius 3 is 2.53 bits per heavy atom. The van der Waals surface area contributed by atoms with E-state index >= 15 is 0 Å². The van der Waals surface area contributed by atoms with E-state index in [1.165, 1.54) is 0 Å². The molecule has 94 valence electrons. The fourth-order valence-corrected chi connectivity index (χ4v) is 1.16. The summed E-state index contributed by atoms with van der Waals surface area (Å²) in [6.45, 7) is 4.55. The highest BCUT2D eigenvalue weighted by Crippen LogP contribution is 2.15. The number of hydrogen-bond acceptors (Lipinski definition) is 3. The second kappa shape index (κ2) is 6.78. The van der Waals surface area contributed by atoms with Crippen LogP contribution in [0.25, 0.3) is 0 Å². The van der Waals surface area contributed by atoms with E-state index in [1.54, 1.807) is 31.4 Å². The van der Waals surface area contributed by atoms with Crippen LogP contribution < -0.4 is 10.1 Å². The minimum atomic E-state index is -0.421. The lowest BCUT2D eigenvalue weighted by Crippen LogP contribution is -2.17. The molecule has 0 spiro atoms. The molecule has 0 saturated heterocycles. The van der Waals surface area contributed by atoms with Gasteiger partial charge >= 0.3 is 6.09 Å². The summed E-state index contributed by atoms with van der Waals surface area (Å²) in [6.07, 6.45) is 0.575. The van der Waals surface area contributed by atoms with Crippen molar-refractivity contribution in [1.29, 1.82) is 0 Å². The van der Waals surface area contributed by atoms with Gasteiger partial charge in [0.2, 0.25) is 0 Å². The topological polar surface area (TPSA) is 47.6 Å². The van der Waals surface area contributed by atoms with Gasteiger partial charge in [-0.1, -0.05) is 20.3 Å². The molecule has 0 aliphatic rings. The van der Waals surface area contributed by atoms with Crippen molar-refractivity contribution in [1.82, 2.24) is 0 Å². The smallest absolute Gasteiger partial charge is 0.411 e. The first-order valence-corrected chi connectivity index (χ1v) is 5.73. The molecular weight excluding hydrogens is 218 g/mol. The van der Waals surface area contributed by atoms with Crippen LogP contribution in [0.3, 0.4) is 0 Å². The van der Waals surface area contributed by atoms with Gasteiger partial charge in [0.25, 0.3) is 0 Å². The third kappa shape index (κ3) is 4.76. The van der Waals surface area contributed by atoms with Gasteiger partial charge in [0.15, 0.2) is 0 Å². The number of carbonyl (C=O) groups is 1. The monoisotopic (exact) mass is 237 g/mol. The number of ether oxygens (including phenoxy) is 2. The average Bonchev–Trinajstić information content (AvgIpc) is 2.36. The predicted molar refractivity (Wildman–Crippen MR) is 67.4 cm³/mol. The molecule has 1 N–H and O–H groups in total. The second-order valence-electron chi connectivity index (χ2n) is 3.97. The zero-order valence-electron chi connectivity index (χ0n) is 10.5. The van der Waals surface area contributed by atoms with E-state index in [0.29, 0.717) is 18.2 Å². The lowest BCUT2D eigenvalue weighted by atomic mass is 10.1. The molecule has 4 heteroatoms. The molecule has 1 amide bonds. The summed E-state index contributed by atoms with van der Waals surface area (Å²) in [6, 6.07) is 7.10. The quantitative estimate of drug-likeness (QED) is 0.854. The largest absolute Gasteiger partial charge is 0.497 e. The molecule has 0 aromatic heterocycles. The fourth-order valence-electron chi connectivity index (χ4n) is 1.16. The normalized spacial score (nSPS) is 11.7. The Hall–Kier alpha value is -1.71. The Kier molecular flexibility index (Phi) is 5.33. The Labute approximate surface area is 102 Å². The van der Waals surface area contributed by atoms with Gasteiger partial charge in [0.05, 0.1) is 13.7 Å². The molecule has 0 aliphatic carbocycles. The maximum atomic E-state index is 11.4. The molecule has 0 saturated carbocycles. The molecule has 0 radical (unpaired) electrons. The van der Waals surface area contributed by atoms with Crippen molar-refractivity contribution in [3.05, 3.63) is 24.3 Å². The van der Waals surface area contributed by atoms with Crippen LogP contribution in [0.4, 0.5) is 10.5 Å². The molecule has 1 unspecified atom stereocenters. The van der Waals surface area contributed by atoms with Crippen LogP contribution in [-0.4, -0.2) is 19.8 Å². The number of rotatable bonds is 5. The van der Waals surface area contributed by atoms with Crippen molar-refractivity contribution in [2.45, 2.75) is 20.3 Å². The molecule has 17 heavy (non-hydrogen) atoms. The summed E-state index contributed by atoms with van der Waals surface area (Å²) in [5, 5.41) is 2.66. The van der Waals surface area contributed by atoms with E-state index in [9.17, 15) is 4.79 Å². The molecule has 1 atom stereocenters. The third-order valence-electron chi connectivity index (χ3n) is 2.53. The number of nitrogens with one attached hydrogen (secondary N) is 1. The van der Waals surface area contributed by atoms with Crippen molar-refractivity contribution < 1.29 is 14.3 Å². The summed E-state index contributed by atoms with van der Waals surface area (Å²) in [5.41, 5.74) is 0.694. The lowest BCUT2D eigenvalue weighted by Gasteiger charge is -2.10. The molecule has 1 aromatic carbocycles. The first-order valence-electron chi connectivity index (χ1n) is 5.73. The van der Waals surface area contributed by atoms with Gasteiger partial charge in [-0.2, -0.15) is 0 Å². The fraction of sp³-hybridized carbons (Fsp3) is 0.462. The summed E-state index contributed by atoms with van der Waals surface area (Å²) < 4.78 is 10.1. The van der Waals surface area contributed by atoms with Crippen LogP contribution in [0, 0.1) is 5.92 Å². The van der Waals surface area contributed by atoms with Gasteiger partial charge in [0.1, 0.15) is 5.75 Å². The number of amides is 1. The van der Waals surface area contributed by atoms with Crippen LogP contribution >= 0.6 is 0 Å². The van der Waals surface area contributed by atoms with E-state index in [2.05, 4.69) is 12.2 Å². The van der Waals surface area contributed by atoms with Gasteiger partial charge < -0.3 is 9.47 Å². The van der Waals surface area contributed by atoms with E-state index in [1.807, 2.05) is 6.92 Å². The number of anilines is 1. The van der Waals surface area contributed by atoms with Crippen molar-refractivity contribution in [3.63, 3.8) is 0 Å². The van der Waals surface area contributed by atoms with Crippen molar-refractivity contribution in [2.75, 3.05) is 19.0 Å². The van der Waals surface area contributed by atoms with Crippen molar-refractivity contribution >= 4 is 11.8 Å². The van der Waals surface area contributed by atoms with E-state index in [4.69, 9.17) is 9.47 Å². The van der Waals surface area contributed by atoms with Gasteiger partial charge in [-0.15, -0.1) is 0 Å². The molecule has 0 fully saturated rings. The van der Waals surface area contributed by atoms with Crippen LogP contribution in [0.2, 0.25) is 0 Å². The molecule has 0 aliphatic heterocycles. The van der Waals surface area contributed by atoms with Gasteiger partial charge in [-0.3, -0.25) is 5.32 Å². The van der Waals surface area contributed by atoms with Crippen LogP contribution in [0.5, 0.6) is 5.75 Å². The minimum Gasteiger partial charge on any atom is -0.497 e. The zero-order valence-corrected chi connectivity index (χ0v) is 10.5. The second-order valence-corrected chi connectivity index (χ2v) is 3.97. The third-order valence-corrected chi connectivity index (χ3v) is 2.53. The van der Waals surface area contributed by atoms with E-state index in [0.717, 1.165) is 12.2 Å². The highest BCUT2D eigenvalue weighted by Gasteiger charge is 2.05. The molecular formula is C13H19NO3. The Balaban J connectivity index is 2.39. The zero-order chi connectivity index (χ0) is 12.7. The summed E-state index contributed by atoms with van der Waals surface area (Å²) in [5.74, 6) is 1.14. The van der Waals surface area contributed by atoms with E-state index in [-0.39, 0.29) is 0 Å². The first-order chi connectivity index (χ1) is 8.15. The minimum absolute atomic E-state index is 0.386. The van der Waals surface area contributed by atoms with Gasteiger partial charge in [0, 0.05) is 5.69 Å². The Morgan fingerprint density at radius 1 is 1.35 bits per heavy atom. The Bertz CT molecular complexity index is 348. The number of methoxy groups -OCH3 is 1. The van der Waals surface area contributed by atoms with E-state index < -0.39 is 6.09 Å². The highest BCUT2D eigenvalue weighted by molar-refractivity contribution is 5.84. The maximum absolute atomic E-state index is 11.4. The Morgan fingerprint density at radius 2 is 2.00 bits per heavy atom. The first kappa shape index (κ1) is 13.4. The molecule has 1 rings (SSSR count). The number of carbonyl (C=O) groups excluding carboxylic acids is 1. The van der Waals surface area contributed by atoms with Crippen LogP contribution in [-0.2, 0) is 4.74 Å². The van der Waals surface area contributed by atoms with Crippen LogP contribution in [0.1, 0.15) is 20.3 Å². The number of benzene rings is 1. The standard InChI is InChI=1S/C13H19NO3/c1-4-10(2)9-17-13(15)14-11-5-7-12(16-3)8-6-11/h5-8,10H,4,9H2,1-3H3,(H,14,15). The predicted octanol–water partition coefficient (Wildman–Crippen LogP) is 3.29. The molecule has 0 heterocycles. The summed E-state index contributed by atoms with van der Waals surface area (Å²) in [7, 11) is 1.60. The maximum Gasteiger partial charge on any atom is 0.411 e. The van der Waals surface area contributed by atoms with Gasteiger partial charge in [-0.05, 0) is 30.2 Å². The summed E-state index contributed by atoms with van der Waals surface area (Å²) in [4.78, 5) is 11.4. The molecule has 0 bridgehead atoms. The van der Waals surface area contributed by atoms with Crippen molar-refractivity contribution in [2.24, 2.45) is 5.92 Å². The highest BCUT2D eigenvalue weighted by atomic mass is 16.5. The lowest BCUT2D eigenvalue weighted by molar-refractivity contribution is 0.143.